The SMILES string of the molecule is CN(C(=O)c1ccc(C(=O)O)o1)c1ccc([N+](=O)[O-])cc1. The van der Waals surface area contributed by atoms with Crippen LogP contribution in [0.5, 0.6) is 0 Å². The Morgan fingerprint density at radius 2 is 1.71 bits per heavy atom. The molecule has 2 aromatic rings. The third kappa shape index (κ3) is 2.89. The summed E-state index contributed by atoms with van der Waals surface area (Å²) in [5.74, 6) is -2.30. The van der Waals surface area contributed by atoms with Crippen molar-refractivity contribution in [3.63, 3.8) is 0 Å². The van der Waals surface area contributed by atoms with E-state index in [9.17, 15) is 19.7 Å². The van der Waals surface area contributed by atoms with E-state index in [1.54, 1.807) is 0 Å². The first-order valence-corrected chi connectivity index (χ1v) is 5.76. The van der Waals surface area contributed by atoms with Gasteiger partial charge >= 0.3 is 5.97 Å². The molecule has 2 rings (SSSR count). The van der Waals surface area contributed by atoms with Crippen LogP contribution in [0.15, 0.2) is 40.8 Å². The minimum absolute atomic E-state index is 0.0919. The number of carbonyl (C=O) groups excluding carboxylic acids is 1. The lowest BCUT2D eigenvalue weighted by Crippen LogP contribution is -2.25. The molecule has 0 aliphatic carbocycles. The number of nitrogens with zero attached hydrogens (tertiary/aromatic N) is 2. The molecule has 8 heteroatoms. The molecule has 0 bridgehead atoms. The van der Waals surface area contributed by atoms with E-state index in [1.165, 1.54) is 48.3 Å². The minimum Gasteiger partial charge on any atom is -0.475 e. The van der Waals surface area contributed by atoms with Crippen molar-refractivity contribution in [1.29, 1.82) is 0 Å². The molecule has 0 atom stereocenters. The summed E-state index contributed by atoms with van der Waals surface area (Å²) in [6.45, 7) is 0. The van der Waals surface area contributed by atoms with Crippen molar-refractivity contribution in [1.82, 2.24) is 0 Å². The van der Waals surface area contributed by atoms with E-state index in [0.29, 0.717) is 5.69 Å². The molecule has 1 heterocycles. The lowest BCUT2D eigenvalue weighted by atomic mass is 10.2. The monoisotopic (exact) mass is 290 g/mol. The Hall–Kier alpha value is -3.16. The third-order valence-electron chi connectivity index (χ3n) is 2.78. The molecule has 1 aromatic heterocycles. The maximum absolute atomic E-state index is 12.1. The number of non-ortho nitro benzene ring substituents is 1. The molecule has 0 saturated carbocycles. The topological polar surface area (TPSA) is 114 Å². The summed E-state index contributed by atoms with van der Waals surface area (Å²) in [5, 5.41) is 19.3. The number of rotatable bonds is 4. The number of carboxylic acid groups (broad SMARTS) is 1. The summed E-state index contributed by atoms with van der Waals surface area (Å²) in [5.41, 5.74) is 0.324. The Bertz CT molecular complexity index is 704. The molecule has 0 saturated heterocycles. The Morgan fingerprint density at radius 3 is 2.19 bits per heavy atom. The Labute approximate surface area is 118 Å². The van der Waals surface area contributed by atoms with Gasteiger partial charge in [-0.1, -0.05) is 0 Å². The van der Waals surface area contributed by atoms with Crippen molar-refractivity contribution < 1.29 is 24.0 Å². The highest BCUT2D eigenvalue weighted by Gasteiger charge is 2.20. The number of nitro groups is 1. The first kappa shape index (κ1) is 14.3. The molecule has 108 valence electrons. The van der Waals surface area contributed by atoms with Gasteiger partial charge in [0.05, 0.1) is 4.92 Å². The van der Waals surface area contributed by atoms with Gasteiger partial charge in [-0.3, -0.25) is 14.9 Å². The zero-order valence-corrected chi connectivity index (χ0v) is 10.8. The summed E-state index contributed by atoms with van der Waals surface area (Å²) in [6.07, 6.45) is 0. The lowest BCUT2D eigenvalue weighted by molar-refractivity contribution is -0.384. The Morgan fingerprint density at radius 1 is 1.14 bits per heavy atom. The van der Waals surface area contributed by atoms with Crippen LogP contribution in [-0.2, 0) is 0 Å². The van der Waals surface area contributed by atoms with E-state index < -0.39 is 16.8 Å². The van der Waals surface area contributed by atoms with Gasteiger partial charge in [0.15, 0.2) is 5.76 Å². The van der Waals surface area contributed by atoms with Crippen LogP contribution < -0.4 is 4.90 Å². The van der Waals surface area contributed by atoms with E-state index in [0.717, 1.165) is 0 Å². The van der Waals surface area contributed by atoms with E-state index >= 15 is 0 Å². The molecule has 21 heavy (non-hydrogen) atoms. The fourth-order valence-electron chi connectivity index (χ4n) is 1.65. The van der Waals surface area contributed by atoms with Crippen LogP contribution in [0, 0.1) is 10.1 Å². The number of carboxylic acids is 1. The minimum atomic E-state index is -1.27. The largest absolute Gasteiger partial charge is 0.475 e. The number of nitro benzene ring substituents is 1. The molecule has 0 unspecified atom stereocenters. The molecule has 1 aromatic carbocycles. The molecule has 1 N–H and O–H groups in total. The fraction of sp³-hybridized carbons (Fsp3) is 0.0769. The maximum Gasteiger partial charge on any atom is 0.371 e. The first-order chi connectivity index (χ1) is 9.90. The lowest BCUT2D eigenvalue weighted by Gasteiger charge is -2.15. The molecule has 0 radical (unpaired) electrons. The van der Waals surface area contributed by atoms with E-state index in [2.05, 4.69) is 0 Å². The van der Waals surface area contributed by atoms with Gasteiger partial charge in [0.2, 0.25) is 5.76 Å². The number of carbonyl (C=O) groups is 2. The highest BCUT2D eigenvalue weighted by Crippen LogP contribution is 2.20. The summed E-state index contributed by atoms with van der Waals surface area (Å²) in [6, 6.07) is 7.80. The molecule has 1 amide bonds. The molecule has 0 spiro atoms. The van der Waals surface area contributed by atoms with Gasteiger partial charge in [-0.15, -0.1) is 0 Å². The van der Waals surface area contributed by atoms with Crippen LogP contribution in [-0.4, -0.2) is 29.0 Å². The fourth-order valence-corrected chi connectivity index (χ4v) is 1.65. The van der Waals surface area contributed by atoms with Crippen LogP contribution in [0.3, 0.4) is 0 Å². The van der Waals surface area contributed by atoms with Crippen molar-refractivity contribution in [2.75, 3.05) is 11.9 Å². The van der Waals surface area contributed by atoms with Crippen molar-refractivity contribution in [3.8, 4) is 0 Å². The van der Waals surface area contributed by atoms with Gasteiger partial charge in [-0.05, 0) is 24.3 Å². The smallest absolute Gasteiger partial charge is 0.371 e. The van der Waals surface area contributed by atoms with Crippen molar-refractivity contribution in [2.24, 2.45) is 0 Å². The quantitative estimate of drug-likeness (QED) is 0.681. The average Bonchev–Trinajstić information content (AvgIpc) is 2.96. The Balaban J connectivity index is 2.21. The number of amides is 1. The van der Waals surface area contributed by atoms with E-state index in [-0.39, 0.29) is 17.2 Å². The maximum atomic E-state index is 12.1. The predicted molar refractivity (Wildman–Crippen MR) is 71.5 cm³/mol. The summed E-state index contributed by atoms with van der Waals surface area (Å²) in [7, 11) is 1.45. The van der Waals surface area contributed by atoms with Crippen LogP contribution in [0.2, 0.25) is 0 Å². The molecule has 8 nitrogen and oxygen atoms in total. The first-order valence-electron chi connectivity index (χ1n) is 5.76. The number of furan rings is 1. The predicted octanol–water partition coefficient (Wildman–Crippen LogP) is 2.16. The van der Waals surface area contributed by atoms with Gasteiger partial charge < -0.3 is 14.4 Å². The highest BCUT2D eigenvalue weighted by molar-refractivity contribution is 6.04. The third-order valence-corrected chi connectivity index (χ3v) is 2.78. The number of hydrogen-bond acceptors (Lipinski definition) is 5. The van der Waals surface area contributed by atoms with Crippen LogP contribution in [0.25, 0.3) is 0 Å². The van der Waals surface area contributed by atoms with Gasteiger partial charge in [0.1, 0.15) is 0 Å². The van der Waals surface area contributed by atoms with Crippen molar-refractivity contribution in [3.05, 3.63) is 58.0 Å². The second kappa shape index (κ2) is 5.45. The normalized spacial score (nSPS) is 10.1. The highest BCUT2D eigenvalue weighted by atomic mass is 16.6. The zero-order chi connectivity index (χ0) is 15.6. The van der Waals surface area contributed by atoms with Gasteiger partial charge in [-0.25, -0.2) is 4.79 Å². The second-order valence-corrected chi connectivity index (χ2v) is 4.11. The van der Waals surface area contributed by atoms with Gasteiger partial charge in [-0.2, -0.15) is 0 Å². The van der Waals surface area contributed by atoms with Crippen LogP contribution >= 0.6 is 0 Å². The summed E-state index contributed by atoms with van der Waals surface area (Å²) >= 11 is 0. The molecular weight excluding hydrogens is 280 g/mol. The molecule has 0 aliphatic rings. The number of hydrogen-bond donors (Lipinski definition) is 1. The van der Waals surface area contributed by atoms with Crippen LogP contribution in [0.4, 0.5) is 11.4 Å². The number of aromatic carboxylic acids is 1. The van der Waals surface area contributed by atoms with Gasteiger partial charge in [0, 0.05) is 24.9 Å². The number of anilines is 1. The molecule has 0 aliphatic heterocycles. The van der Waals surface area contributed by atoms with Crippen molar-refractivity contribution in [2.45, 2.75) is 0 Å². The van der Waals surface area contributed by atoms with Crippen LogP contribution in [0.1, 0.15) is 21.1 Å². The molecular formula is C13H10N2O6. The van der Waals surface area contributed by atoms with E-state index in [1.807, 2.05) is 0 Å². The Kier molecular flexibility index (Phi) is 3.70. The summed E-state index contributed by atoms with van der Waals surface area (Å²) in [4.78, 5) is 34.0. The second-order valence-electron chi connectivity index (χ2n) is 4.11. The zero-order valence-electron chi connectivity index (χ0n) is 10.8. The van der Waals surface area contributed by atoms with E-state index in [4.69, 9.17) is 9.52 Å². The summed E-state index contributed by atoms with van der Waals surface area (Å²) < 4.78 is 4.91. The number of benzene rings is 1. The van der Waals surface area contributed by atoms with Crippen molar-refractivity contribution >= 4 is 23.3 Å². The standard InChI is InChI=1S/C13H10N2O6/c1-14(8-2-4-9(5-3-8)15(19)20)12(16)10-6-7-11(21-10)13(17)18/h2-7H,1H3,(H,17,18). The average molecular weight is 290 g/mol. The molecule has 0 fully saturated rings. The van der Waals surface area contributed by atoms with Gasteiger partial charge in [0.25, 0.3) is 11.6 Å².